The Balaban J connectivity index is 1.74. The van der Waals surface area contributed by atoms with Crippen LogP contribution in [-0.2, 0) is 13.6 Å². The Morgan fingerprint density at radius 1 is 1.10 bits per heavy atom. The summed E-state index contributed by atoms with van der Waals surface area (Å²) >= 11 is 0. The van der Waals surface area contributed by atoms with Crippen LogP contribution >= 0.6 is 7.60 Å². The Bertz CT molecular complexity index is 348. The summed E-state index contributed by atoms with van der Waals surface area (Å²) in [4.78, 5) is 2.61. The molecule has 2 aliphatic heterocycles. The fourth-order valence-electron chi connectivity index (χ4n) is 3.62. The van der Waals surface area contributed by atoms with E-state index in [2.05, 4.69) is 11.8 Å². The van der Waals surface area contributed by atoms with Crippen LogP contribution in [-0.4, -0.2) is 43.9 Å². The monoisotopic (exact) mass is 317 g/mol. The summed E-state index contributed by atoms with van der Waals surface area (Å²) in [5.74, 6) is 0.534. The van der Waals surface area contributed by atoms with Gasteiger partial charge >= 0.3 is 7.60 Å². The van der Waals surface area contributed by atoms with E-state index < -0.39 is 7.60 Å². The van der Waals surface area contributed by atoms with Crippen molar-refractivity contribution in [3.8, 4) is 0 Å². The van der Waals surface area contributed by atoms with Gasteiger partial charge in [-0.05, 0) is 51.1 Å². The molecule has 2 rings (SSSR count). The first-order valence-corrected chi connectivity index (χ1v) is 10.7. The molecule has 2 fully saturated rings. The van der Waals surface area contributed by atoms with Crippen LogP contribution in [0.15, 0.2) is 0 Å². The maximum atomic E-state index is 12.3. The Morgan fingerprint density at radius 2 is 1.90 bits per heavy atom. The Morgan fingerprint density at radius 3 is 2.71 bits per heavy atom. The van der Waals surface area contributed by atoms with E-state index in [9.17, 15) is 4.57 Å². The molecule has 0 aliphatic carbocycles. The fraction of sp³-hybridized carbons (Fsp3) is 1.00. The first-order chi connectivity index (χ1) is 10.1. The molecule has 0 radical (unpaired) electrons. The third-order valence-corrected chi connectivity index (χ3v) is 6.10. The van der Waals surface area contributed by atoms with E-state index in [1.54, 1.807) is 6.66 Å². The number of rotatable bonds is 8. The van der Waals surface area contributed by atoms with Gasteiger partial charge in [-0.1, -0.05) is 26.2 Å². The number of unbranched alkanes of at least 4 members (excludes halogenated alkanes) is 2. The van der Waals surface area contributed by atoms with Gasteiger partial charge in [-0.15, -0.1) is 0 Å². The van der Waals surface area contributed by atoms with Gasteiger partial charge in [0.05, 0.1) is 13.2 Å². The second-order valence-electron chi connectivity index (χ2n) is 6.61. The number of piperidine rings is 2. The average Bonchev–Trinajstić information content (AvgIpc) is 2.50. The summed E-state index contributed by atoms with van der Waals surface area (Å²) in [7, 11) is -2.87. The quantitative estimate of drug-likeness (QED) is 0.494. The molecule has 2 saturated heterocycles. The van der Waals surface area contributed by atoms with Gasteiger partial charge < -0.3 is 13.9 Å². The van der Waals surface area contributed by atoms with Crippen molar-refractivity contribution in [2.45, 2.75) is 64.3 Å². The smallest absolute Gasteiger partial charge is 0.309 e. The normalized spacial score (nSPS) is 29.8. The molecule has 21 heavy (non-hydrogen) atoms. The van der Waals surface area contributed by atoms with Gasteiger partial charge in [0.25, 0.3) is 0 Å². The first-order valence-electron chi connectivity index (χ1n) is 8.73. The second-order valence-corrected chi connectivity index (χ2v) is 8.67. The molecule has 0 aromatic rings. The highest BCUT2D eigenvalue weighted by molar-refractivity contribution is 7.52. The average molecular weight is 317 g/mol. The number of hydrogen-bond donors (Lipinski definition) is 0. The van der Waals surface area contributed by atoms with Crippen molar-refractivity contribution < 1.29 is 13.6 Å². The SMILES string of the molecule is CCCCCO[P@](C)(=O)OC[C@H]1CCCN2CCCC[C@H]12. The van der Waals surface area contributed by atoms with Crippen LogP contribution in [0.25, 0.3) is 0 Å². The van der Waals surface area contributed by atoms with E-state index >= 15 is 0 Å². The molecule has 0 aromatic carbocycles. The molecule has 0 spiro atoms. The minimum atomic E-state index is -2.87. The van der Waals surface area contributed by atoms with E-state index in [1.807, 2.05) is 0 Å². The zero-order valence-corrected chi connectivity index (χ0v) is 14.7. The summed E-state index contributed by atoms with van der Waals surface area (Å²) in [6.45, 7) is 7.41. The Hall–Kier alpha value is 0.110. The van der Waals surface area contributed by atoms with Crippen LogP contribution < -0.4 is 0 Å². The molecule has 0 amide bonds. The molecule has 0 unspecified atom stereocenters. The third-order valence-electron chi connectivity index (χ3n) is 4.83. The lowest BCUT2D eigenvalue weighted by molar-refractivity contribution is 0.0329. The molecule has 0 saturated carbocycles. The van der Waals surface area contributed by atoms with Gasteiger partial charge in [-0.25, -0.2) is 0 Å². The molecule has 0 aromatic heterocycles. The minimum absolute atomic E-state index is 0.534. The van der Waals surface area contributed by atoms with Crippen LogP contribution in [0.2, 0.25) is 0 Å². The molecule has 0 N–H and O–H groups in total. The van der Waals surface area contributed by atoms with Gasteiger partial charge in [0, 0.05) is 12.7 Å². The highest BCUT2D eigenvalue weighted by atomic mass is 31.2. The highest BCUT2D eigenvalue weighted by Gasteiger charge is 2.34. The Kier molecular flexibility index (Phi) is 7.21. The van der Waals surface area contributed by atoms with Crippen LogP contribution in [0.3, 0.4) is 0 Å². The van der Waals surface area contributed by atoms with E-state index in [1.165, 1.54) is 45.2 Å². The van der Waals surface area contributed by atoms with Crippen LogP contribution in [0, 0.1) is 5.92 Å². The molecule has 2 heterocycles. The lowest BCUT2D eigenvalue weighted by atomic mass is 9.84. The zero-order valence-electron chi connectivity index (χ0n) is 13.8. The van der Waals surface area contributed by atoms with E-state index in [4.69, 9.17) is 9.05 Å². The zero-order chi connectivity index (χ0) is 15.1. The molecule has 3 atom stereocenters. The van der Waals surface area contributed by atoms with Gasteiger partial charge in [-0.2, -0.15) is 0 Å². The van der Waals surface area contributed by atoms with Gasteiger partial charge in [0.2, 0.25) is 0 Å². The van der Waals surface area contributed by atoms with E-state index in [0.29, 0.717) is 25.2 Å². The molecular formula is C16H32NO3P. The molecule has 4 nitrogen and oxygen atoms in total. The summed E-state index contributed by atoms with van der Waals surface area (Å²) in [5.41, 5.74) is 0. The maximum absolute atomic E-state index is 12.3. The summed E-state index contributed by atoms with van der Waals surface area (Å²) in [5, 5.41) is 0. The Labute approximate surface area is 130 Å². The predicted molar refractivity (Wildman–Crippen MR) is 86.9 cm³/mol. The number of hydrogen-bond acceptors (Lipinski definition) is 4. The highest BCUT2D eigenvalue weighted by Crippen LogP contribution is 2.45. The van der Waals surface area contributed by atoms with E-state index in [-0.39, 0.29) is 0 Å². The summed E-state index contributed by atoms with van der Waals surface area (Å²) < 4.78 is 23.5. The fourth-order valence-corrected chi connectivity index (χ4v) is 4.62. The van der Waals surface area contributed by atoms with Gasteiger partial charge in [0.15, 0.2) is 0 Å². The minimum Gasteiger partial charge on any atom is -0.309 e. The van der Waals surface area contributed by atoms with Crippen molar-refractivity contribution in [2.24, 2.45) is 5.92 Å². The van der Waals surface area contributed by atoms with Crippen LogP contribution in [0.1, 0.15) is 58.3 Å². The van der Waals surface area contributed by atoms with Crippen molar-refractivity contribution in [3.05, 3.63) is 0 Å². The van der Waals surface area contributed by atoms with Crippen LogP contribution in [0.4, 0.5) is 0 Å². The van der Waals surface area contributed by atoms with Crippen molar-refractivity contribution in [3.63, 3.8) is 0 Å². The molecule has 5 heteroatoms. The number of nitrogens with zero attached hydrogens (tertiary/aromatic N) is 1. The third kappa shape index (κ3) is 5.67. The first kappa shape index (κ1) is 17.5. The molecule has 124 valence electrons. The van der Waals surface area contributed by atoms with Gasteiger partial charge in [0.1, 0.15) is 0 Å². The summed E-state index contributed by atoms with van der Waals surface area (Å²) in [6, 6.07) is 0.646. The van der Waals surface area contributed by atoms with E-state index in [0.717, 1.165) is 19.3 Å². The topological polar surface area (TPSA) is 38.8 Å². The van der Waals surface area contributed by atoms with Gasteiger partial charge in [-0.3, -0.25) is 4.57 Å². The molecule has 2 aliphatic rings. The standard InChI is InChI=1S/C16H32NO3P/c1-3-4-7-13-19-21(2,18)20-14-15-9-8-12-17-11-6-5-10-16(15)17/h15-16H,3-14H2,1-2H3/t15-,16-,21+/m1/s1. The van der Waals surface area contributed by atoms with Crippen molar-refractivity contribution >= 4 is 7.60 Å². The molecular weight excluding hydrogens is 285 g/mol. The lowest BCUT2D eigenvalue weighted by Crippen LogP contribution is -2.49. The second kappa shape index (κ2) is 8.67. The predicted octanol–water partition coefficient (Wildman–Crippen LogP) is 4.30. The van der Waals surface area contributed by atoms with Crippen LogP contribution in [0.5, 0.6) is 0 Å². The lowest BCUT2D eigenvalue weighted by Gasteiger charge is -2.44. The van der Waals surface area contributed by atoms with Crippen molar-refractivity contribution in [1.29, 1.82) is 0 Å². The summed E-state index contributed by atoms with van der Waals surface area (Å²) in [6.07, 6.45) is 9.63. The maximum Gasteiger partial charge on any atom is 0.327 e. The van der Waals surface area contributed by atoms with Crippen molar-refractivity contribution in [2.75, 3.05) is 33.0 Å². The molecule has 0 bridgehead atoms. The number of fused-ring (bicyclic) bond motifs is 1. The van der Waals surface area contributed by atoms with Crippen molar-refractivity contribution in [1.82, 2.24) is 4.90 Å². The largest absolute Gasteiger partial charge is 0.327 e.